The number of amides is 3. The van der Waals surface area contributed by atoms with Crippen LogP contribution in [-0.2, 0) is 4.79 Å². The minimum absolute atomic E-state index is 0.116. The molecule has 0 spiro atoms. The number of hydrogen-bond donors (Lipinski definition) is 2. The number of nitrogens with one attached hydrogen (secondary N) is 2. The largest absolute Gasteiger partial charge is 0.335 e. The molecule has 0 unspecified atom stereocenters. The van der Waals surface area contributed by atoms with E-state index in [-0.39, 0.29) is 17.7 Å². The molecule has 3 rings (SSSR count). The van der Waals surface area contributed by atoms with Crippen molar-refractivity contribution in [2.45, 2.75) is 43.0 Å². The number of hydrogen-bond acceptors (Lipinski definition) is 6. The second kappa shape index (κ2) is 9.48. The Bertz CT molecular complexity index is 850. The number of thioether (sulfide) groups is 1. The molecule has 1 aliphatic carbocycles. The topological polar surface area (TPSA) is 76.0 Å². The number of imide groups is 1. The number of carbonyl (C=O) groups excluding carboxylic acids is 2. The first-order chi connectivity index (χ1) is 13.0. The Balaban J connectivity index is 1.49. The van der Waals surface area contributed by atoms with Crippen LogP contribution < -0.4 is 10.6 Å². The van der Waals surface area contributed by atoms with Crippen LogP contribution in [0.3, 0.4) is 0 Å². The van der Waals surface area contributed by atoms with E-state index in [0.717, 1.165) is 24.9 Å². The predicted octanol–water partition coefficient (Wildman–Crippen LogP) is 4.16. The molecule has 0 bridgehead atoms. The minimum atomic E-state index is -0.415. The fourth-order valence-corrected chi connectivity index (χ4v) is 5.24. The van der Waals surface area contributed by atoms with E-state index in [0.29, 0.717) is 14.2 Å². The fraction of sp³-hybridized carbons (Fsp3) is 0.444. The second-order valence-electron chi connectivity index (χ2n) is 6.56. The maximum absolute atomic E-state index is 12.1. The van der Waals surface area contributed by atoms with Crippen LogP contribution in [0.15, 0.2) is 34.7 Å². The summed E-state index contributed by atoms with van der Waals surface area (Å²) < 4.78 is 2.99. The van der Waals surface area contributed by atoms with Gasteiger partial charge in [-0.05, 0) is 43.1 Å². The molecule has 0 aliphatic heterocycles. The molecule has 6 nitrogen and oxygen atoms in total. The molecule has 9 heteroatoms. The molecule has 144 valence electrons. The van der Waals surface area contributed by atoms with Crippen molar-refractivity contribution in [3.05, 3.63) is 34.3 Å². The highest BCUT2D eigenvalue weighted by Crippen LogP contribution is 2.24. The quantitative estimate of drug-likeness (QED) is 0.559. The van der Waals surface area contributed by atoms with Crippen molar-refractivity contribution in [3.63, 3.8) is 0 Å². The molecule has 2 atom stereocenters. The molecular formula is C18H22N4O2S3. The standard InChI is InChI=1S/C18H22N4O2S3/c1-12-7-5-6-10-14(12)19-16(24)20-15(23)11-26-17-21-22(18(25)27-17)13-8-3-2-4-9-13/h2-4,8-9,12,14H,5-7,10-11H2,1H3,(H2,19,20,23,24)/t12-,14-/m0/s1. The maximum Gasteiger partial charge on any atom is 0.321 e. The van der Waals surface area contributed by atoms with Crippen LogP contribution in [0.1, 0.15) is 32.6 Å². The maximum atomic E-state index is 12.1. The molecule has 0 saturated heterocycles. The highest BCUT2D eigenvalue weighted by molar-refractivity contribution is 8.01. The van der Waals surface area contributed by atoms with Crippen molar-refractivity contribution in [3.8, 4) is 5.69 Å². The number of para-hydroxylation sites is 1. The van der Waals surface area contributed by atoms with E-state index in [1.54, 1.807) is 4.68 Å². The average Bonchev–Trinajstić information content (AvgIpc) is 3.03. The SMILES string of the molecule is C[C@H]1CCCC[C@@H]1NC(=O)NC(=O)CSc1nn(-c2ccccc2)c(=S)s1. The van der Waals surface area contributed by atoms with Crippen LogP contribution in [0.2, 0.25) is 0 Å². The number of urea groups is 1. The Morgan fingerprint density at radius 1 is 1.30 bits per heavy atom. The molecule has 1 aliphatic rings. The van der Waals surface area contributed by atoms with Gasteiger partial charge in [-0.25, -0.2) is 9.48 Å². The summed E-state index contributed by atoms with van der Waals surface area (Å²) >= 11 is 7.97. The van der Waals surface area contributed by atoms with Gasteiger partial charge in [0, 0.05) is 6.04 Å². The van der Waals surface area contributed by atoms with Gasteiger partial charge >= 0.3 is 6.03 Å². The first kappa shape index (κ1) is 20.0. The van der Waals surface area contributed by atoms with Crippen molar-refractivity contribution >= 4 is 47.3 Å². The molecule has 1 saturated carbocycles. The fourth-order valence-electron chi connectivity index (χ4n) is 3.08. The summed E-state index contributed by atoms with van der Waals surface area (Å²) in [6.45, 7) is 2.14. The third-order valence-corrected chi connectivity index (χ3v) is 6.90. The number of benzene rings is 1. The van der Waals surface area contributed by atoms with E-state index < -0.39 is 6.03 Å². The van der Waals surface area contributed by atoms with Gasteiger partial charge in [0.1, 0.15) is 0 Å². The van der Waals surface area contributed by atoms with E-state index in [9.17, 15) is 9.59 Å². The molecule has 1 fully saturated rings. The van der Waals surface area contributed by atoms with Gasteiger partial charge in [-0.2, -0.15) is 0 Å². The summed E-state index contributed by atoms with van der Waals surface area (Å²) in [7, 11) is 0. The zero-order valence-corrected chi connectivity index (χ0v) is 17.5. The first-order valence-corrected chi connectivity index (χ1v) is 11.1. The number of carbonyl (C=O) groups is 2. The van der Waals surface area contributed by atoms with E-state index in [1.165, 1.54) is 29.5 Å². The number of nitrogens with zero attached hydrogens (tertiary/aromatic N) is 2. The molecule has 27 heavy (non-hydrogen) atoms. The third-order valence-electron chi connectivity index (χ3n) is 4.54. The first-order valence-electron chi connectivity index (χ1n) is 8.91. The van der Waals surface area contributed by atoms with Gasteiger partial charge in [-0.15, -0.1) is 5.10 Å². The summed E-state index contributed by atoms with van der Waals surface area (Å²) in [4.78, 5) is 24.1. The molecule has 1 aromatic carbocycles. The normalized spacial score (nSPS) is 19.4. The second-order valence-corrected chi connectivity index (χ2v) is 9.40. The third kappa shape index (κ3) is 5.63. The van der Waals surface area contributed by atoms with Crippen LogP contribution >= 0.6 is 35.3 Å². The van der Waals surface area contributed by atoms with E-state index in [2.05, 4.69) is 22.7 Å². The number of aromatic nitrogens is 2. The van der Waals surface area contributed by atoms with Crippen molar-refractivity contribution in [2.24, 2.45) is 5.92 Å². The van der Waals surface area contributed by atoms with E-state index in [4.69, 9.17) is 12.2 Å². The summed E-state index contributed by atoms with van der Waals surface area (Å²) in [6, 6.07) is 9.34. The Kier molecular flexibility index (Phi) is 7.03. The smallest absolute Gasteiger partial charge is 0.321 e. The lowest BCUT2D eigenvalue weighted by molar-refractivity contribution is -0.117. The molecule has 3 amide bonds. The Morgan fingerprint density at radius 3 is 2.78 bits per heavy atom. The summed E-state index contributed by atoms with van der Waals surface area (Å²) in [5.41, 5.74) is 0.885. The average molecular weight is 423 g/mol. The lowest BCUT2D eigenvalue weighted by Crippen LogP contribution is -2.48. The summed E-state index contributed by atoms with van der Waals surface area (Å²) in [6.07, 6.45) is 4.41. The highest BCUT2D eigenvalue weighted by atomic mass is 32.2. The van der Waals surface area contributed by atoms with E-state index >= 15 is 0 Å². The van der Waals surface area contributed by atoms with Crippen LogP contribution in [0.25, 0.3) is 5.69 Å². The van der Waals surface area contributed by atoms with Crippen molar-refractivity contribution in [2.75, 3.05) is 5.75 Å². The van der Waals surface area contributed by atoms with Gasteiger partial charge in [-0.1, -0.05) is 61.1 Å². The molecule has 1 aromatic heterocycles. The lowest BCUT2D eigenvalue weighted by atomic mass is 9.86. The zero-order valence-electron chi connectivity index (χ0n) is 15.0. The van der Waals surface area contributed by atoms with Gasteiger partial charge in [-0.3, -0.25) is 10.1 Å². The summed E-state index contributed by atoms with van der Waals surface area (Å²) in [5, 5.41) is 9.77. The molecule has 2 aromatic rings. The van der Waals surface area contributed by atoms with Crippen LogP contribution in [-0.4, -0.2) is 33.5 Å². The summed E-state index contributed by atoms with van der Waals surface area (Å²) in [5.74, 6) is 0.224. The highest BCUT2D eigenvalue weighted by Gasteiger charge is 2.23. The molecule has 2 N–H and O–H groups in total. The number of rotatable bonds is 5. The lowest BCUT2D eigenvalue weighted by Gasteiger charge is -2.29. The van der Waals surface area contributed by atoms with Gasteiger partial charge in [0.25, 0.3) is 0 Å². The van der Waals surface area contributed by atoms with Crippen LogP contribution in [0, 0.1) is 9.87 Å². The monoisotopic (exact) mass is 422 g/mol. The van der Waals surface area contributed by atoms with E-state index in [1.807, 2.05) is 30.3 Å². The molecule has 0 radical (unpaired) electrons. The Morgan fingerprint density at radius 2 is 2.04 bits per heavy atom. The predicted molar refractivity (Wildman–Crippen MR) is 111 cm³/mol. The van der Waals surface area contributed by atoms with Gasteiger partial charge < -0.3 is 5.32 Å². The molecule has 1 heterocycles. The van der Waals surface area contributed by atoms with Crippen LogP contribution in [0.4, 0.5) is 4.79 Å². The Hall–Kier alpha value is -1.71. The molecular weight excluding hydrogens is 400 g/mol. The van der Waals surface area contributed by atoms with Gasteiger partial charge in [0.15, 0.2) is 8.29 Å². The van der Waals surface area contributed by atoms with Gasteiger partial charge in [0.05, 0.1) is 11.4 Å². The van der Waals surface area contributed by atoms with Crippen LogP contribution in [0.5, 0.6) is 0 Å². The van der Waals surface area contributed by atoms with Crippen molar-refractivity contribution < 1.29 is 9.59 Å². The Labute approximate surface area is 171 Å². The zero-order chi connectivity index (χ0) is 19.2. The van der Waals surface area contributed by atoms with Gasteiger partial charge in [0.2, 0.25) is 5.91 Å². The van der Waals surface area contributed by atoms with Crippen molar-refractivity contribution in [1.82, 2.24) is 20.4 Å². The minimum Gasteiger partial charge on any atom is -0.335 e. The van der Waals surface area contributed by atoms with Crippen molar-refractivity contribution in [1.29, 1.82) is 0 Å².